The lowest BCUT2D eigenvalue weighted by atomic mass is 9.73. The molecule has 4 aliphatic rings. The number of aliphatic imine (C=N–C) groups is 1. The Labute approximate surface area is 348 Å². The first-order valence-corrected chi connectivity index (χ1v) is 23.0. The van der Waals surface area contributed by atoms with E-state index in [4.69, 9.17) is 4.99 Å². The van der Waals surface area contributed by atoms with Crippen molar-refractivity contribution >= 4 is 13.8 Å². The minimum atomic E-state index is -0.490. The molecule has 2 nitrogen and oxygen atoms in total. The largest absolute Gasteiger partial charge is 0.364 e. The third-order valence-electron chi connectivity index (χ3n) is 12.7. The number of allylic oxidation sites excluding steroid dienone is 16. The molecule has 0 aromatic heterocycles. The fourth-order valence-electron chi connectivity index (χ4n) is 8.80. The number of hydrogen-bond donors (Lipinski definition) is 1. The Morgan fingerprint density at radius 3 is 2.54 bits per heavy atom. The first-order chi connectivity index (χ1) is 27.6. The molecule has 0 fully saturated rings. The van der Waals surface area contributed by atoms with Crippen molar-refractivity contribution < 1.29 is 0 Å². The Balaban J connectivity index is 1.32. The highest BCUT2D eigenvalue weighted by atomic mass is 31.1. The van der Waals surface area contributed by atoms with E-state index in [-0.39, 0.29) is 16.6 Å². The highest BCUT2D eigenvalue weighted by Gasteiger charge is 2.49. The standard InChI is InChI=1S/C54H69N2P/c1-9-13-17-23-42(5)38-50-40-51(46(28-18-14-10-2)29-21-26-43-24-19-16-20-25-43)56-52(55-50)47-34-32-45(33-35-47)48-30-22-27-44(39-48)36-37-54(8)53(6,7)49(31-15-11-3)41-57(54)12-4/h9-12,15-16,18-20,22,24-25,27-28,30-32,34,36-37,41-42,44,50-51H,1,3-4,13,17,21,23,26,29,33,35,38-40H2,2,5-8H3,(H,55,56)/b31-15-,37-36+,46-28+/t14?,42-,44+,50?,51?,54+,57+/m1/s1. The van der Waals surface area contributed by atoms with Crippen LogP contribution in [0.4, 0.5) is 0 Å². The summed E-state index contributed by atoms with van der Waals surface area (Å²) in [5.74, 6) is 6.75. The van der Waals surface area contributed by atoms with Crippen LogP contribution in [0.3, 0.4) is 0 Å². The van der Waals surface area contributed by atoms with Crippen LogP contribution in [-0.4, -0.2) is 23.1 Å². The second-order valence-corrected chi connectivity index (χ2v) is 19.4. The molecule has 3 heteroatoms. The van der Waals surface area contributed by atoms with E-state index in [9.17, 15) is 0 Å². The smallest absolute Gasteiger partial charge is 0.124 e. The van der Waals surface area contributed by atoms with Gasteiger partial charge in [-0.2, -0.15) is 0 Å². The normalized spacial score (nSPS) is 26.3. The molecule has 1 aromatic rings. The molecule has 2 aliphatic carbocycles. The van der Waals surface area contributed by atoms with E-state index in [2.05, 4.69) is 173 Å². The van der Waals surface area contributed by atoms with Gasteiger partial charge in [-0.05, 0) is 136 Å². The molecule has 1 N–H and O–H groups in total. The SMILES string of the molecule is C=C/C=C\C1=C[P@](C=C)[C@@](C)(/C=C/[C@@H]2C=CC=C(C3=CC=C(C4=NC(C[C@H](C)CCCC=C)CC(/C(=C/C=C=CC)CCCc5ccccc5)N4)CC3)C2)C1(C)C. The van der Waals surface area contributed by atoms with E-state index in [1.165, 1.54) is 46.3 Å². The van der Waals surface area contributed by atoms with Gasteiger partial charge in [0.15, 0.2) is 0 Å². The molecule has 1 aromatic carbocycles. The fourth-order valence-corrected chi connectivity index (χ4v) is 11.3. The van der Waals surface area contributed by atoms with Gasteiger partial charge in [-0.25, -0.2) is 0 Å². The maximum atomic E-state index is 5.47. The summed E-state index contributed by atoms with van der Waals surface area (Å²) in [6, 6.07) is 11.5. The Morgan fingerprint density at radius 2 is 1.82 bits per heavy atom. The van der Waals surface area contributed by atoms with Crippen LogP contribution >= 0.6 is 7.92 Å². The third kappa shape index (κ3) is 11.7. The third-order valence-corrected chi connectivity index (χ3v) is 15.5. The summed E-state index contributed by atoms with van der Waals surface area (Å²) in [5.41, 5.74) is 11.8. The molecule has 2 aliphatic heterocycles. The van der Waals surface area contributed by atoms with Crippen LogP contribution in [0.25, 0.3) is 0 Å². The number of hydrogen-bond acceptors (Lipinski definition) is 2. The number of unbranched alkanes of at least 4 members (excludes halogenated alkanes) is 1. The summed E-state index contributed by atoms with van der Waals surface area (Å²) in [4.78, 5) is 5.47. The van der Waals surface area contributed by atoms with Crippen molar-refractivity contribution in [2.24, 2.45) is 22.2 Å². The van der Waals surface area contributed by atoms with Crippen LogP contribution in [0.15, 0.2) is 185 Å². The van der Waals surface area contributed by atoms with Crippen molar-refractivity contribution in [1.82, 2.24) is 5.32 Å². The van der Waals surface area contributed by atoms with Crippen molar-refractivity contribution in [2.75, 3.05) is 0 Å². The zero-order chi connectivity index (χ0) is 40.7. The second-order valence-electron chi connectivity index (χ2n) is 17.1. The monoisotopic (exact) mass is 777 g/mol. The number of nitrogens with one attached hydrogen (secondary N) is 1. The number of benzene rings is 1. The summed E-state index contributed by atoms with van der Waals surface area (Å²) >= 11 is 0. The van der Waals surface area contributed by atoms with Crippen LogP contribution in [0.2, 0.25) is 0 Å². The molecular weight excluding hydrogens is 708 g/mol. The molecule has 6 atom stereocenters. The number of aryl methyl sites for hydroxylation is 1. The Hall–Kier alpha value is -4.22. The summed E-state index contributed by atoms with van der Waals surface area (Å²) in [5, 5.41) is 4.00. The van der Waals surface area contributed by atoms with Crippen molar-refractivity contribution in [2.45, 2.75) is 122 Å². The predicted octanol–water partition coefficient (Wildman–Crippen LogP) is 14.9. The first kappa shape index (κ1) is 43.9. The van der Waals surface area contributed by atoms with Crippen molar-refractivity contribution in [1.29, 1.82) is 0 Å². The van der Waals surface area contributed by atoms with Gasteiger partial charge in [0.05, 0.1) is 12.1 Å². The minimum absolute atomic E-state index is 0.00641. The van der Waals surface area contributed by atoms with Gasteiger partial charge in [0, 0.05) is 10.6 Å². The summed E-state index contributed by atoms with van der Waals surface area (Å²) in [6.07, 6.45) is 43.3. The van der Waals surface area contributed by atoms with E-state index in [1.54, 1.807) is 0 Å². The van der Waals surface area contributed by atoms with Crippen LogP contribution < -0.4 is 5.32 Å². The van der Waals surface area contributed by atoms with Gasteiger partial charge in [0.2, 0.25) is 0 Å². The number of nitrogens with zero attached hydrogens (tertiary/aromatic N) is 1. The van der Waals surface area contributed by atoms with E-state index >= 15 is 0 Å². The zero-order valence-corrected chi connectivity index (χ0v) is 36.6. The van der Waals surface area contributed by atoms with Crippen LogP contribution in [0.1, 0.15) is 104 Å². The average Bonchev–Trinajstić information content (AvgIpc) is 3.42. The van der Waals surface area contributed by atoms with Gasteiger partial charge in [-0.1, -0.05) is 162 Å². The van der Waals surface area contributed by atoms with Gasteiger partial charge in [-0.15, -0.1) is 12.3 Å². The van der Waals surface area contributed by atoms with Crippen molar-refractivity contribution in [3.05, 3.63) is 186 Å². The molecular formula is C54H69N2P. The lowest BCUT2D eigenvalue weighted by Crippen LogP contribution is -2.44. The van der Waals surface area contributed by atoms with Crippen molar-refractivity contribution in [3.63, 3.8) is 0 Å². The molecule has 57 heavy (non-hydrogen) atoms. The molecule has 5 rings (SSSR count). The molecule has 300 valence electrons. The molecule has 2 unspecified atom stereocenters. The van der Waals surface area contributed by atoms with Gasteiger partial charge < -0.3 is 5.32 Å². The lowest BCUT2D eigenvalue weighted by Gasteiger charge is -2.41. The van der Waals surface area contributed by atoms with E-state index < -0.39 is 7.92 Å². The average molecular weight is 777 g/mol. The number of amidine groups is 1. The fraction of sp³-hybridized carbons (Fsp3) is 0.407. The maximum Gasteiger partial charge on any atom is 0.124 e. The van der Waals surface area contributed by atoms with Gasteiger partial charge >= 0.3 is 0 Å². The topological polar surface area (TPSA) is 24.4 Å². The summed E-state index contributed by atoms with van der Waals surface area (Å²) in [7, 11) is -0.490. The van der Waals surface area contributed by atoms with Crippen molar-refractivity contribution in [3.8, 4) is 0 Å². The molecule has 0 bridgehead atoms. The predicted molar refractivity (Wildman–Crippen MR) is 253 cm³/mol. The van der Waals surface area contributed by atoms with E-state index in [0.717, 1.165) is 63.6 Å². The van der Waals surface area contributed by atoms with E-state index in [1.807, 2.05) is 19.1 Å². The van der Waals surface area contributed by atoms with Gasteiger partial charge in [0.1, 0.15) is 5.84 Å². The molecule has 0 amide bonds. The molecule has 0 saturated heterocycles. The summed E-state index contributed by atoms with van der Waals surface area (Å²) in [6.45, 7) is 23.7. The quantitative estimate of drug-likeness (QED) is 0.0489. The zero-order valence-electron chi connectivity index (χ0n) is 35.7. The van der Waals surface area contributed by atoms with E-state index in [0.29, 0.717) is 17.9 Å². The van der Waals surface area contributed by atoms with Crippen LogP contribution in [0.5, 0.6) is 0 Å². The Bertz CT molecular complexity index is 1910. The molecule has 2 heterocycles. The maximum absolute atomic E-state index is 5.47. The van der Waals surface area contributed by atoms with Crippen LogP contribution in [0, 0.1) is 17.3 Å². The van der Waals surface area contributed by atoms with Gasteiger partial charge in [-0.3, -0.25) is 4.99 Å². The van der Waals surface area contributed by atoms with Gasteiger partial charge in [0.25, 0.3) is 0 Å². The Kier molecular flexibility index (Phi) is 16.6. The second kappa shape index (κ2) is 21.5. The Morgan fingerprint density at radius 1 is 1.04 bits per heavy atom. The highest BCUT2D eigenvalue weighted by Crippen LogP contribution is 2.69. The number of rotatable bonds is 19. The minimum Gasteiger partial charge on any atom is -0.364 e. The van der Waals surface area contributed by atoms with Crippen LogP contribution in [-0.2, 0) is 6.42 Å². The summed E-state index contributed by atoms with van der Waals surface area (Å²) < 4.78 is 0. The molecule has 0 saturated carbocycles. The first-order valence-electron chi connectivity index (χ1n) is 21.6. The molecule has 0 radical (unpaired) electrons. The lowest BCUT2D eigenvalue weighted by molar-refractivity contribution is 0.385. The highest BCUT2D eigenvalue weighted by molar-refractivity contribution is 7.66. The molecule has 0 spiro atoms.